The number of imidazole rings is 1. The topological polar surface area (TPSA) is 107 Å². The standard InChI is InChI=1S/C12H13N5O2/c13-16-15-7-11(18)12(19)9-1-3-10(4-2-9)17-6-5-14-8-17/h1-6,8,11-12,18-19H,7H2. The van der Waals surface area contributed by atoms with Gasteiger partial charge in [-0.3, -0.25) is 0 Å². The minimum atomic E-state index is -1.12. The Morgan fingerprint density at radius 2 is 2.05 bits per heavy atom. The van der Waals surface area contributed by atoms with Crippen LogP contribution in [0.1, 0.15) is 11.7 Å². The lowest BCUT2D eigenvalue weighted by atomic mass is 10.0. The molecule has 0 aliphatic heterocycles. The molecule has 19 heavy (non-hydrogen) atoms. The molecule has 2 unspecified atom stereocenters. The molecular formula is C12H13N5O2. The maximum atomic E-state index is 9.88. The Morgan fingerprint density at radius 3 is 2.63 bits per heavy atom. The highest BCUT2D eigenvalue weighted by Gasteiger charge is 2.17. The smallest absolute Gasteiger partial charge is 0.105 e. The molecule has 1 aromatic carbocycles. The van der Waals surface area contributed by atoms with Gasteiger partial charge in [0.05, 0.1) is 19.0 Å². The van der Waals surface area contributed by atoms with Crippen molar-refractivity contribution in [3.63, 3.8) is 0 Å². The molecule has 1 heterocycles. The molecule has 0 saturated carbocycles. The Bertz CT molecular complexity index is 560. The predicted octanol–water partition coefficient (Wildman–Crippen LogP) is 1.58. The molecule has 0 aliphatic carbocycles. The summed E-state index contributed by atoms with van der Waals surface area (Å²) >= 11 is 0. The predicted molar refractivity (Wildman–Crippen MR) is 68.5 cm³/mol. The van der Waals surface area contributed by atoms with Crippen LogP contribution in [0.2, 0.25) is 0 Å². The highest BCUT2D eigenvalue weighted by Crippen LogP contribution is 2.19. The second-order valence-electron chi connectivity index (χ2n) is 3.99. The zero-order valence-electron chi connectivity index (χ0n) is 10.0. The summed E-state index contributed by atoms with van der Waals surface area (Å²) in [4.78, 5) is 6.49. The van der Waals surface area contributed by atoms with Crippen LogP contribution in [0.5, 0.6) is 0 Å². The molecule has 2 rings (SSSR count). The first-order valence-electron chi connectivity index (χ1n) is 5.67. The normalized spacial score (nSPS) is 13.6. The maximum Gasteiger partial charge on any atom is 0.105 e. The van der Waals surface area contributed by atoms with Gasteiger partial charge in [0.1, 0.15) is 6.10 Å². The van der Waals surface area contributed by atoms with Crippen molar-refractivity contribution in [3.05, 3.63) is 59.0 Å². The molecule has 0 bridgehead atoms. The van der Waals surface area contributed by atoms with Crippen molar-refractivity contribution in [1.82, 2.24) is 9.55 Å². The van der Waals surface area contributed by atoms with E-state index in [9.17, 15) is 10.2 Å². The van der Waals surface area contributed by atoms with Gasteiger partial charge in [-0.25, -0.2) is 4.98 Å². The summed E-state index contributed by atoms with van der Waals surface area (Å²) in [7, 11) is 0. The Morgan fingerprint density at radius 1 is 1.32 bits per heavy atom. The lowest BCUT2D eigenvalue weighted by Gasteiger charge is -2.16. The number of nitrogens with zero attached hydrogens (tertiary/aromatic N) is 5. The number of benzene rings is 1. The van der Waals surface area contributed by atoms with Crippen LogP contribution in [0.25, 0.3) is 16.1 Å². The Labute approximate surface area is 109 Å². The van der Waals surface area contributed by atoms with Crippen molar-refractivity contribution in [2.24, 2.45) is 5.11 Å². The average molecular weight is 259 g/mol. The van der Waals surface area contributed by atoms with E-state index in [4.69, 9.17) is 5.53 Å². The largest absolute Gasteiger partial charge is 0.390 e. The molecule has 2 atom stereocenters. The molecule has 0 saturated heterocycles. The van der Waals surface area contributed by atoms with Gasteiger partial charge in [-0.2, -0.15) is 0 Å². The summed E-state index contributed by atoms with van der Waals surface area (Å²) in [5.41, 5.74) is 9.63. The molecular weight excluding hydrogens is 246 g/mol. The summed E-state index contributed by atoms with van der Waals surface area (Å²) < 4.78 is 1.83. The van der Waals surface area contributed by atoms with E-state index in [1.54, 1.807) is 36.8 Å². The first kappa shape index (κ1) is 13.1. The summed E-state index contributed by atoms with van der Waals surface area (Å²) in [6, 6.07) is 7.03. The molecule has 2 N–H and O–H groups in total. The summed E-state index contributed by atoms with van der Waals surface area (Å²) in [5, 5.41) is 22.7. The number of aliphatic hydroxyl groups excluding tert-OH is 2. The Hall–Kier alpha value is -2.34. The van der Waals surface area contributed by atoms with Crippen LogP contribution in [0.3, 0.4) is 0 Å². The van der Waals surface area contributed by atoms with E-state index in [1.807, 2.05) is 10.8 Å². The Kier molecular flexibility index (Phi) is 4.15. The molecule has 0 fully saturated rings. The van der Waals surface area contributed by atoms with Gasteiger partial charge >= 0.3 is 0 Å². The summed E-state index contributed by atoms with van der Waals surface area (Å²) in [6.45, 7) is -0.166. The van der Waals surface area contributed by atoms with Gasteiger partial charge in [0.15, 0.2) is 0 Å². The zero-order chi connectivity index (χ0) is 13.7. The SMILES string of the molecule is [N-]=[N+]=NCC(O)C(O)c1ccc(-n2ccnc2)cc1. The van der Waals surface area contributed by atoms with Crippen molar-refractivity contribution in [1.29, 1.82) is 0 Å². The van der Waals surface area contributed by atoms with Gasteiger partial charge in [-0.05, 0) is 23.2 Å². The van der Waals surface area contributed by atoms with Crippen LogP contribution in [0.4, 0.5) is 0 Å². The van der Waals surface area contributed by atoms with Crippen LogP contribution in [-0.4, -0.2) is 32.4 Å². The second-order valence-corrected chi connectivity index (χ2v) is 3.99. The van der Waals surface area contributed by atoms with Crippen LogP contribution >= 0.6 is 0 Å². The van der Waals surface area contributed by atoms with Gasteiger partial charge in [0.2, 0.25) is 0 Å². The third-order valence-electron chi connectivity index (χ3n) is 2.73. The molecule has 2 aromatic rings. The fourth-order valence-electron chi connectivity index (χ4n) is 1.70. The minimum Gasteiger partial charge on any atom is -0.390 e. The van der Waals surface area contributed by atoms with Gasteiger partial charge < -0.3 is 14.8 Å². The van der Waals surface area contributed by atoms with E-state index in [0.29, 0.717) is 5.56 Å². The second kappa shape index (κ2) is 6.01. The van der Waals surface area contributed by atoms with Gasteiger partial charge in [-0.1, -0.05) is 17.2 Å². The molecule has 0 spiro atoms. The fourth-order valence-corrected chi connectivity index (χ4v) is 1.70. The lowest BCUT2D eigenvalue weighted by molar-refractivity contribution is 0.0244. The van der Waals surface area contributed by atoms with Crippen molar-refractivity contribution in [2.45, 2.75) is 12.2 Å². The van der Waals surface area contributed by atoms with E-state index >= 15 is 0 Å². The highest BCUT2D eigenvalue weighted by atomic mass is 16.3. The van der Waals surface area contributed by atoms with Gasteiger partial charge in [0.25, 0.3) is 0 Å². The number of hydrogen-bond acceptors (Lipinski definition) is 4. The monoisotopic (exact) mass is 259 g/mol. The third kappa shape index (κ3) is 3.11. The van der Waals surface area contributed by atoms with Crippen molar-refractivity contribution in [2.75, 3.05) is 6.54 Å². The van der Waals surface area contributed by atoms with Crippen LogP contribution in [-0.2, 0) is 0 Å². The van der Waals surface area contributed by atoms with E-state index < -0.39 is 12.2 Å². The van der Waals surface area contributed by atoms with Crippen molar-refractivity contribution < 1.29 is 10.2 Å². The molecule has 7 nitrogen and oxygen atoms in total. The number of aliphatic hydroxyl groups is 2. The molecule has 98 valence electrons. The molecule has 7 heteroatoms. The minimum absolute atomic E-state index is 0.166. The summed E-state index contributed by atoms with van der Waals surface area (Å²) in [6.07, 6.45) is 2.95. The quantitative estimate of drug-likeness (QED) is 0.483. The average Bonchev–Trinajstić information content (AvgIpc) is 2.98. The van der Waals surface area contributed by atoms with E-state index in [2.05, 4.69) is 15.0 Å². The van der Waals surface area contributed by atoms with Crippen LogP contribution in [0, 0.1) is 0 Å². The molecule has 1 aromatic heterocycles. The highest BCUT2D eigenvalue weighted by molar-refractivity contribution is 5.35. The number of hydrogen-bond donors (Lipinski definition) is 2. The van der Waals surface area contributed by atoms with Crippen molar-refractivity contribution in [3.8, 4) is 5.69 Å². The molecule has 0 amide bonds. The molecule has 0 aliphatic rings. The number of azide groups is 1. The number of aromatic nitrogens is 2. The lowest BCUT2D eigenvalue weighted by Crippen LogP contribution is -2.21. The van der Waals surface area contributed by atoms with Gasteiger partial charge in [0, 0.05) is 23.0 Å². The van der Waals surface area contributed by atoms with E-state index in [0.717, 1.165) is 5.69 Å². The first-order chi connectivity index (χ1) is 9.22. The molecule has 0 radical (unpaired) electrons. The fraction of sp³-hybridized carbons (Fsp3) is 0.250. The van der Waals surface area contributed by atoms with E-state index in [1.165, 1.54) is 0 Å². The number of rotatable bonds is 5. The Balaban J connectivity index is 2.11. The summed E-state index contributed by atoms with van der Waals surface area (Å²) in [5.74, 6) is 0. The van der Waals surface area contributed by atoms with Crippen LogP contribution in [0.15, 0.2) is 48.1 Å². The third-order valence-corrected chi connectivity index (χ3v) is 2.73. The zero-order valence-corrected chi connectivity index (χ0v) is 10.0. The van der Waals surface area contributed by atoms with E-state index in [-0.39, 0.29) is 6.54 Å². The van der Waals surface area contributed by atoms with Crippen molar-refractivity contribution >= 4 is 0 Å². The van der Waals surface area contributed by atoms with Gasteiger partial charge in [-0.15, -0.1) is 0 Å². The maximum absolute atomic E-state index is 9.88. The van der Waals surface area contributed by atoms with Crippen LogP contribution < -0.4 is 0 Å². The first-order valence-corrected chi connectivity index (χ1v) is 5.67.